The van der Waals surface area contributed by atoms with E-state index in [9.17, 15) is 0 Å². The summed E-state index contributed by atoms with van der Waals surface area (Å²) in [6, 6.07) is 0. The maximum Gasteiger partial charge on any atom is 0.281 e. The quantitative estimate of drug-likeness (QED) is 0.305. The minimum Gasteiger partial charge on any atom is -0.343 e. The fourth-order valence-corrected chi connectivity index (χ4v) is 2.10. The standard InChI is InChI=1S/C13H29O3P/c1-2-3-4-5-6-7-8-9-10-11-12(17)13(14,15)16/h12,14-16H,2-11,17H2,1H3. The van der Waals surface area contributed by atoms with Gasteiger partial charge < -0.3 is 15.3 Å². The summed E-state index contributed by atoms with van der Waals surface area (Å²) < 4.78 is 0. The van der Waals surface area contributed by atoms with E-state index in [1.54, 1.807) is 0 Å². The first-order valence-electron chi connectivity index (χ1n) is 6.91. The molecule has 0 aliphatic heterocycles. The molecule has 0 fully saturated rings. The monoisotopic (exact) mass is 264 g/mol. The molecule has 0 aromatic rings. The molecule has 2 atom stereocenters. The van der Waals surface area contributed by atoms with E-state index in [1.165, 1.54) is 44.9 Å². The summed E-state index contributed by atoms with van der Waals surface area (Å²) in [6.45, 7) is 2.22. The second kappa shape index (κ2) is 10.3. The van der Waals surface area contributed by atoms with Crippen LogP contribution in [0.5, 0.6) is 0 Å². The van der Waals surface area contributed by atoms with Gasteiger partial charge in [0, 0.05) is 0 Å². The van der Waals surface area contributed by atoms with Crippen molar-refractivity contribution in [1.82, 2.24) is 0 Å². The SMILES string of the molecule is CCCCCCCCCCCC(P)C(O)(O)O. The topological polar surface area (TPSA) is 60.7 Å². The summed E-state index contributed by atoms with van der Waals surface area (Å²) in [7, 11) is 2.28. The van der Waals surface area contributed by atoms with E-state index < -0.39 is 11.6 Å². The first kappa shape index (κ1) is 17.3. The molecule has 104 valence electrons. The van der Waals surface area contributed by atoms with Gasteiger partial charge in [0.05, 0.1) is 5.66 Å². The number of hydrogen-bond donors (Lipinski definition) is 3. The third-order valence-corrected chi connectivity index (χ3v) is 3.90. The van der Waals surface area contributed by atoms with Gasteiger partial charge in [-0.15, -0.1) is 9.24 Å². The highest BCUT2D eigenvalue weighted by Gasteiger charge is 2.27. The first-order valence-corrected chi connectivity index (χ1v) is 7.57. The van der Waals surface area contributed by atoms with Gasteiger partial charge in [-0.25, -0.2) is 0 Å². The van der Waals surface area contributed by atoms with Gasteiger partial charge in [0.2, 0.25) is 0 Å². The van der Waals surface area contributed by atoms with Gasteiger partial charge in [0.25, 0.3) is 5.97 Å². The van der Waals surface area contributed by atoms with Crippen LogP contribution in [0.3, 0.4) is 0 Å². The Morgan fingerprint density at radius 3 is 1.65 bits per heavy atom. The molecule has 0 aliphatic carbocycles. The minimum absolute atomic E-state index is 0.549. The molecule has 4 heteroatoms. The molecule has 0 aromatic carbocycles. The van der Waals surface area contributed by atoms with Gasteiger partial charge >= 0.3 is 0 Å². The number of aliphatic hydroxyl groups is 3. The van der Waals surface area contributed by atoms with Crippen molar-refractivity contribution < 1.29 is 15.3 Å². The minimum atomic E-state index is -2.54. The van der Waals surface area contributed by atoms with Gasteiger partial charge in [-0.05, 0) is 6.42 Å². The van der Waals surface area contributed by atoms with Crippen molar-refractivity contribution >= 4 is 9.24 Å². The third-order valence-electron chi connectivity index (χ3n) is 3.12. The largest absolute Gasteiger partial charge is 0.343 e. The normalized spacial score (nSPS) is 13.9. The first-order chi connectivity index (χ1) is 7.98. The molecule has 0 rings (SSSR count). The summed E-state index contributed by atoms with van der Waals surface area (Å²) in [5.41, 5.74) is -0.549. The van der Waals surface area contributed by atoms with E-state index >= 15 is 0 Å². The van der Waals surface area contributed by atoms with Crippen molar-refractivity contribution in [2.24, 2.45) is 0 Å². The lowest BCUT2D eigenvalue weighted by Gasteiger charge is -2.21. The van der Waals surface area contributed by atoms with E-state index in [1.807, 2.05) is 0 Å². The van der Waals surface area contributed by atoms with Gasteiger partial charge in [-0.2, -0.15) is 0 Å². The van der Waals surface area contributed by atoms with Crippen molar-refractivity contribution in [1.29, 1.82) is 0 Å². The zero-order chi connectivity index (χ0) is 13.1. The maximum absolute atomic E-state index is 8.90. The molecule has 3 N–H and O–H groups in total. The predicted molar refractivity (Wildman–Crippen MR) is 74.7 cm³/mol. The second-order valence-electron chi connectivity index (χ2n) is 4.91. The molecule has 0 radical (unpaired) electrons. The van der Waals surface area contributed by atoms with Crippen LogP contribution < -0.4 is 0 Å². The van der Waals surface area contributed by atoms with Crippen molar-refractivity contribution in [3.63, 3.8) is 0 Å². The highest BCUT2D eigenvalue weighted by Crippen LogP contribution is 2.20. The highest BCUT2D eigenvalue weighted by molar-refractivity contribution is 7.17. The number of rotatable bonds is 11. The zero-order valence-electron chi connectivity index (χ0n) is 11.1. The van der Waals surface area contributed by atoms with Gasteiger partial charge in [-0.3, -0.25) is 0 Å². The molecule has 0 heterocycles. The Balaban J connectivity index is 3.19. The maximum atomic E-state index is 8.90. The summed E-state index contributed by atoms with van der Waals surface area (Å²) in [5, 5.41) is 26.7. The fourth-order valence-electron chi connectivity index (χ4n) is 1.87. The van der Waals surface area contributed by atoms with Crippen LogP contribution in [-0.2, 0) is 0 Å². The molecule has 0 bridgehead atoms. The molecule has 17 heavy (non-hydrogen) atoms. The lowest BCUT2D eigenvalue weighted by Crippen LogP contribution is -2.37. The van der Waals surface area contributed by atoms with Crippen LogP contribution >= 0.6 is 9.24 Å². The van der Waals surface area contributed by atoms with Gasteiger partial charge in [-0.1, -0.05) is 64.7 Å². The average molecular weight is 264 g/mol. The van der Waals surface area contributed by atoms with Crippen molar-refractivity contribution in [2.45, 2.75) is 82.8 Å². The fraction of sp³-hybridized carbons (Fsp3) is 1.00. The van der Waals surface area contributed by atoms with Gasteiger partial charge in [0.1, 0.15) is 0 Å². The molecule has 3 nitrogen and oxygen atoms in total. The Labute approximate surface area is 108 Å². The molecule has 0 saturated carbocycles. The zero-order valence-corrected chi connectivity index (χ0v) is 12.2. The van der Waals surface area contributed by atoms with Crippen molar-refractivity contribution in [3.05, 3.63) is 0 Å². The summed E-state index contributed by atoms with van der Waals surface area (Å²) in [4.78, 5) is 0. The molecule has 2 unspecified atom stereocenters. The summed E-state index contributed by atoms with van der Waals surface area (Å²) in [5.74, 6) is -2.54. The molecule has 0 amide bonds. The van der Waals surface area contributed by atoms with Crippen LogP contribution in [0.1, 0.15) is 71.1 Å². The lowest BCUT2D eigenvalue weighted by molar-refractivity contribution is -0.310. The second-order valence-corrected chi connectivity index (χ2v) is 5.72. The van der Waals surface area contributed by atoms with Crippen LogP contribution in [0, 0.1) is 0 Å². The van der Waals surface area contributed by atoms with E-state index in [-0.39, 0.29) is 0 Å². The molecular weight excluding hydrogens is 235 g/mol. The van der Waals surface area contributed by atoms with Crippen molar-refractivity contribution in [3.8, 4) is 0 Å². The third kappa shape index (κ3) is 11.1. The van der Waals surface area contributed by atoms with E-state index in [0.29, 0.717) is 6.42 Å². The Hall–Kier alpha value is 0.310. The molecule has 0 spiro atoms. The van der Waals surface area contributed by atoms with E-state index in [4.69, 9.17) is 15.3 Å². The Morgan fingerprint density at radius 2 is 1.24 bits per heavy atom. The van der Waals surface area contributed by atoms with Crippen LogP contribution in [0.4, 0.5) is 0 Å². The van der Waals surface area contributed by atoms with E-state index in [2.05, 4.69) is 16.2 Å². The number of unbranched alkanes of at least 4 members (excludes halogenated alkanes) is 8. The van der Waals surface area contributed by atoms with Gasteiger partial charge in [0.15, 0.2) is 0 Å². The summed E-state index contributed by atoms with van der Waals surface area (Å²) >= 11 is 0. The lowest BCUT2D eigenvalue weighted by atomic mass is 10.1. The average Bonchev–Trinajstić information content (AvgIpc) is 2.25. The van der Waals surface area contributed by atoms with Crippen LogP contribution in [0.25, 0.3) is 0 Å². The smallest absolute Gasteiger partial charge is 0.281 e. The Morgan fingerprint density at radius 1 is 0.824 bits per heavy atom. The molecule has 0 saturated heterocycles. The molecule has 0 aromatic heterocycles. The summed E-state index contributed by atoms with van der Waals surface area (Å²) in [6.07, 6.45) is 11.8. The molecular formula is C13H29O3P. The van der Waals surface area contributed by atoms with Crippen LogP contribution in [0.2, 0.25) is 0 Å². The predicted octanol–water partition coefficient (Wildman–Crippen LogP) is 2.78. The van der Waals surface area contributed by atoms with E-state index in [0.717, 1.165) is 12.8 Å². The van der Waals surface area contributed by atoms with Crippen LogP contribution in [0.15, 0.2) is 0 Å². The number of hydrogen-bond acceptors (Lipinski definition) is 3. The van der Waals surface area contributed by atoms with Crippen molar-refractivity contribution in [2.75, 3.05) is 0 Å². The Bertz CT molecular complexity index is 169. The molecule has 0 aliphatic rings. The van der Waals surface area contributed by atoms with Crippen LogP contribution in [-0.4, -0.2) is 27.0 Å². The Kier molecular flexibility index (Phi) is 10.4. The highest BCUT2D eigenvalue weighted by atomic mass is 31.0.